The predicted octanol–water partition coefficient (Wildman–Crippen LogP) is 2.81. The Kier molecular flexibility index (Phi) is 4.22. The Balaban J connectivity index is 2.18. The number of anilines is 1. The first-order chi connectivity index (χ1) is 9.40. The highest BCUT2D eigenvalue weighted by atomic mass is 79.9. The van der Waals surface area contributed by atoms with Crippen molar-refractivity contribution in [1.29, 1.82) is 0 Å². The van der Waals surface area contributed by atoms with E-state index in [2.05, 4.69) is 21.2 Å². The minimum atomic E-state index is -1.13. The lowest BCUT2D eigenvalue weighted by Gasteiger charge is -2.22. The monoisotopic (exact) mass is 348 g/mol. The lowest BCUT2D eigenvalue weighted by atomic mass is 10.2. The number of aliphatic carboxylic acids is 1. The average Bonchev–Trinajstić information content (AvgIpc) is 2.82. The standard InChI is InChI=1S/C12H11BrF2N2O3/c13-6-4-7(14)10(8(15)5-6)16-12(20)17-3-1-2-9(17)11(18)19/h4-5,9H,1-3H2,(H,16,20)(H,18,19). The summed E-state index contributed by atoms with van der Waals surface area (Å²) in [4.78, 5) is 24.0. The molecule has 1 aromatic rings. The van der Waals surface area contributed by atoms with Crippen molar-refractivity contribution >= 4 is 33.6 Å². The first kappa shape index (κ1) is 14.7. The summed E-state index contributed by atoms with van der Waals surface area (Å²) < 4.78 is 27.4. The van der Waals surface area contributed by atoms with E-state index in [9.17, 15) is 18.4 Å². The van der Waals surface area contributed by atoms with Crippen molar-refractivity contribution in [2.45, 2.75) is 18.9 Å². The van der Waals surface area contributed by atoms with Crippen LogP contribution in [0.5, 0.6) is 0 Å². The summed E-state index contributed by atoms with van der Waals surface area (Å²) in [6.45, 7) is 0.239. The second-order valence-electron chi connectivity index (χ2n) is 4.36. The normalized spacial score (nSPS) is 18.1. The maximum Gasteiger partial charge on any atom is 0.326 e. The number of halogens is 3. The fourth-order valence-corrected chi connectivity index (χ4v) is 2.51. The highest BCUT2D eigenvalue weighted by Gasteiger charge is 2.34. The van der Waals surface area contributed by atoms with Crippen LogP contribution in [0.4, 0.5) is 19.3 Å². The first-order valence-electron chi connectivity index (χ1n) is 5.85. The number of carbonyl (C=O) groups excluding carboxylic acids is 1. The fourth-order valence-electron chi connectivity index (χ4n) is 2.11. The van der Waals surface area contributed by atoms with Crippen molar-refractivity contribution in [3.8, 4) is 0 Å². The zero-order valence-corrected chi connectivity index (χ0v) is 11.8. The van der Waals surface area contributed by atoms with Gasteiger partial charge < -0.3 is 15.3 Å². The summed E-state index contributed by atoms with van der Waals surface area (Å²) in [5.41, 5.74) is -0.589. The molecule has 1 atom stereocenters. The van der Waals surface area contributed by atoms with E-state index in [1.54, 1.807) is 0 Å². The maximum atomic E-state index is 13.6. The number of rotatable bonds is 2. The predicted molar refractivity (Wildman–Crippen MR) is 70.4 cm³/mol. The number of benzene rings is 1. The number of nitrogens with zero attached hydrogens (tertiary/aromatic N) is 1. The van der Waals surface area contributed by atoms with Crippen LogP contribution in [0.3, 0.4) is 0 Å². The smallest absolute Gasteiger partial charge is 0.326 e. The van der Waals surface area contributed by atoms with Crippen LogP contribution in [0.25, 0.3) is 0 Å². The quantitative estimate of drug-likeness (QED) is 0.863. The molecular weight excluding hydrogens is 338 g/mol. The third kappa shape index (κ3) is 2.90. The van der Waals surface area contributed by atoms with Crippen LogP contribution in [-0.4, -0.2) is 34.6 Å². The lowest BCUT2D eigenvalue weighted by molar-refractivity contribution is -0.141. The van der Waals surface area contributed by atoms with Crippen molar-refractivity contribution in [3.05, 3.63) is 28.2 Å². The minimum Gasteiger partial charge on any atom is -0.480 e. The molecule has 1 aliphatic heterocycles. The van der Waals surface area contributed by atoms with Gasteiger partial charge in [0.05, 0.1) is 0 Å². The molecule has 108 valence electrons. The topological polar surface area (TPSA) is 69.6 Å². The van der Waals surface area contributed by atoms with Gasteiger partial charge in [-0.2, -0.15) is 0 Å². The van der Waals surface area contributed by atoms with Gasteiger partial charge in [0, 0.05) is 11.0 Å². The van der Waals surface area contributed by atoms with Crippen molar-refractivity contribution in [2.75, 3.05) is 11.9 Å². The van der Waals surface area contributed by atoms with Gasteiger partial charge in [-0.3, -0.25) is 0 Å². The van der Waals surface area contributed by atoms with Gasteiger partial charge in [-0.15, -0.1) is 0 Å². The molecule has 0 saturated carbocycles. The molecule has 2 rings (SSSR count). The molecule has 20 heavy (non-hydrogen) atoms. The third-order valence-corrected chi connectivity index (χ3v) is 3.50. The third-order valence-electron chi connectivity index (χ3n) is 3.04. The molecule has 0 aliphatic carbocycles. The Morgan fingerprint density at radius 2 is 1.95 bits per heavy atom. The summed E-state index contributed by atoms with van der Waals surface area (Å²) in [5.74, 6) is -3.00. The zero-order valence-electron chi connectivity index (χ0n) is 10.2. The molecule has 1 saturated heterocycles. The molecule has 8 heteroatoms. The minimum absolute atomic E-state index is 0.204. The van der Waals surface area contributed by atoms with E-state index in [0.29, 0.717) is 12.8 Å². The summed E-state index contributed by atoms with van der Waals surface area (Å²) in [5, 5.41) is 11.1. The highest BCUT2D eigenvalue weighted by molar-refractivity contribution is 9.10. The summed E-state index contributed by atoms with van der Waals surface area (Å²) >= 11 is 2.93. The first-order valence-corrected chi connectivity index (χ1v) is 6.64. The Bertz CT molecular complexity index is 545. The second kappa shape index (κ2) is 5.74. The van der Waals surface area contributed by atoms with E-state index < -0.39 is 35.4 Å². The molecule has 0 radical (unpaired) electrons. The molecule has 5 nitrogen and oxygen atoms in total. The lowest BCUT2D eigenvalue weighted by Crippen LogP contribution is -2.43. The van der Waals surface area contributed by atoms with Gasteiger partial charge >= 0.3 is 12.0 Å². The van der Waals surface area contributed by atoms with Crippen molar-refractivity contribution in [1.82, 2.24) is 4.90 Å². The van der Waals surface area contributed by atoms with Crippen LogP contribution in [0.2, 0.25) is 0 Å². The van der Waals surface area contributed by atoms with Crippen LogP contribution in [0.15, 0.2) is 16.6 Å². The molecule has 0 bridgehead atoms. The van der Waals surface area contributed by atoms with Crippen LogP contribution < -0.4 is 5.32 Å². The highest BCUT2D eigenvalue weighted by Crippen LogP contribution is 2.25. The molecule has 1 unspecified atom stereocenters. The molecule has 2 amide bonds. The van der Waals surface area contributed by atoms with Crippen molar-refractivity contribution < 1.29 is 23.5 Å². The van der Waals surface area contributed by atoms with E-state index >= 15 is 0 Å². The van der Waals surface area contributed by atoms with Crippen molar-refractivity contribution in [2.24, 2.45) is 0 Å². The number of nitrogens with one attached hydrogen (secondary N) is 1. The molecule has 0 aromatic heterocycles. The molecule has 1 heterocycles. The van der Waals surface area contributed by atoms with E-state index in [1.807, 2.05) is 0 Å². The van der Waals surface area contributed by atoms with E-state index in [0.717, 1.165) is 17.0 Å². The number of carbonyl (C=O) groups is 2. The Hall–Kier alpha value is -1.70. The summed E-state index contributed by atoms with van der Waals surface area (Å²) in [6.07, 6.45) is 0.865. The van der Waals surface area contributed by atoms with Crippen LogP contribution >= 0.6 is 15.9 Å². The molecule has 2 N–H and O–H groups in total. The number of hydrogen-bond donors (Lipinski definition) is 2. The number of hydrogen-bond acceptors (Lipinski definition) is 2. The zero-order chi connectivity index (χ0) is 14.9. The van der Waals surface area contributed by atoms with Gasteiger partial charge in [0.25, 0.3) is 0 Å². The van der Waals surface area contributed by atoms with Crippen LogP contribution in [-0.2, 0) is 4.79 Å². The van der Waals surface area contributed by atoms with Crippen molar-refractivity contribution in [3.63, 3.8) is 0 Å². The number of urea groups is 1. The number of likely N-dealkylation sites (tertiary alicyclic amines) is 1. The van der Waals surface area contributed by atoms with Gasteiger partial charge in [0.1, 0.15) is 11.7 Å². The molecule has 1 fully saturated rings. The van der Waals surface area contributed by atoms with Crippen LogP contribution in [0, 0.1) is 11.6 Å². The van der Waals surface area contributed by atoms with E-state index in [-0.39, 0.29) is 11.0 Å². The SMILES string of the molecule is O=C(O)C1CCCN1C(=O)Nc1c(F)cc(Br)cc1F. The van der Waals surface area contributed by atoms with Gasteiger partial charge in [-0.1, -0.05) is 15.9 Å². The Morgan fingerprint density at radius 1 is 1.35 bits per heavy atom. The Labute approximate surface area is 121 Å². The number of carboxylic acid groups (broad SMARTS) is 1. The summed E-state index contributed by atoms with van der Waals surface area (Å²) in [7, 11) is 0. The molecular formula is C12H11BrF2N2O3. The Morgan fingerprint density at radius 3 is 2.50 bits per heavy atom. The van der Waals surface area contributed by atoms with Gasteiger partial charge in [0.15, 0.2) is 11.6 Å². The van der Waals surface area contributed by atoms with E-state index in [4.69, 9.17) is 5.11 Å². The van der Waals surface area contributed by atoms with E-state index in [1.165, 1.54) is 0 Å². The molecule has 0 spiro atoms. The molecule has 1 aromatic carbocycles. The second-order valence-corrected chi connectivity index (χ2v) is 5.28. The largest absolute Gasteiger partial charge is 0.480 e. The van der Waals surface area contributed by atoms with Gasteiger partial charge in [-0.05, 0) is 25.0 Å². The molecule has 1 aliphatic rings. The maximum absolute atomic E-state index is 13.6. The van der Waals surface area contributed by atoms with Crippen LogP contribution in [0.1, 0.15) is 12.8 Å². The number of carboxylic acids is 1. The van der Waals surface area contributed by atoms with Gasteiger partial charge in [0.2, 0.25) is 0 Å². The fraction of sp³-hybridized carbons (Fsp3) is 0.333. The van der Waals surface area contributed by atoms with Gasteiger partial charge in [-0.25, -0.2) is 18.4 Å². The summed E-state index contributed by atoms with van der Waals surface area (Å²) in [6, 6.07) is 0.237. The average molecular weight is 349 g/mol. The number of amides is 2.